The number of nitrogens with one attached hydrogen (secondary N) is 1. The summed E-state index contributed by atoms with van der Waals surface area (Å²) in [6, 6.07) is 7.40. The number of fused-ring (bicyclic) bond motifs is 1. The highest BCUT2D eigenvalue weighted by molar-refractivity contribution is 6.19. The van der Waals surface area contributed by atoms with Crippen LogP contribution in [0, 0.1) is 12.7 Å². The number of amides is 2. The molecule has 0 saturated carbocycles. The number of ether oxygens (including phenoxy) is 1. The molecule has 1 aromatic carbocycles. The fourth-order valence-electron chi connectivity index (χ4n) is 2.96. The monoisotopic (exact) mass is 371 g/mol. The van der Waals surface area contributed by atoms with Crippen molar-refractivity contribution in [1.82, 2.24) is 4.98 Å². The van der Waals surface area contributed by atoms with Crippen LogP contribution in [0.5, 0.6) is 5.75 Å². The average Bonchev–Trinajstić information content (AvgIpc) is 2.64. The lowest BCUT2D eigenvalue weighted by atomic mass is 10.00. The number of aromatic nitrogens is 1. The summed E-state index contributed by atoms with van der Waals surface area (Å²) in [4.78, 5) is 31.8. The maximum Gasteiger partial charge on any atom is 0.282 e. The minimum absolute atomic E-state index is 0.377. The van der Waals surface area contributed by atoms with Crippen molar-refractivity contribution in [3.63, 3.8) is 0 Å². The number of carbonyl (C=O) groups excluding carboxylic acids is 2. The first-order chi connectivity index (χ1) is 12.9. The molecule has 7 heteroatoms. The molecule has 1 atom stereocenters. The van der Waals surface area contributed by atoms with Gasteiger partial charge in [-0.25, -0.2) is 9.37 Å². The Morgan fingerprint density at radius 1 is 1.37 bits per heavy atom. The van der Waals surface area contributed by atoms with E-state index < -0.39 is 23.2 Å². The summed E-state index contributed by atoms with van der Waals surface area (Å²) in [7, 11) is 0. The summed E-state index contributed by atoms with van der Waals surface area (Å²) >= 11 is 0. The summed E-state index contributed by atoms with van der Waals surface area (Å²) in [5.41, 5.74) is -0.763. The largest absolute Gasteiger partial charge is 0.464 e. The van der Waals surface area contributed by atoms with Crippen molar-refractivity contribution in [3.05, 3.63) is 47.9 Å². The van der Waals surface area contributed by atoms with Crippen LogP contribution < -0.4 is 15.0 Å². The predicted octanol–water partition coefficient (Wildman–Crippen LogP) is 3.45. The normalized spacial score (nSPS) is 18.7. The van der Waals surface area contributed by atoms with E-state index in [0.717, 1.165) is 12.8 Å². The molecule has 0 aliphatic carbocycles. The Kier molecular flexibility index (Phi) is 5.12. The van der Waals surface area contributed by atoms with Gasteiger partial charge in [-0.1, -0.05) is 13.3 Å². The van der Waals surface area contributed by atoms with Crippen LogP contribution in [0.25, 0.3) is 0 Å². The number of benzene rings is 1. The van der Waals surface area contributed by atoms with E-state index in [2.05, 4.69) is 10.3 Å². The third-order valence-corrected chi connectivity index (χ3v) is 4.58. The molecule has 1 N–H and O–H groups in total. The van der Waals surface area contributed by atoms with Crippen LogP contribution in [0.1, 0.15) is 32.3 Å². The van der Waals surface area contributed by atoms with Gasteiger partial charge in [0.15, 0.2) is 11.6 Å². The van der Waals surface area contributed by atoms with Crippen LogP contribution in [0.2, 0.25) is 0 Å². The lowest BCUT2D eigenvalue weighted by Gasteiger charge is -2.38. The van der Waals surface area contributed by atoms with Crippen LogP contribution in [-0.2, 0) is 9.59 Å². The zero-order valence-electron chi connectivity index (χ0n) is 15.6. The molecular weight excluding hydrogens is 349 g/mol. The van der Waals surface area contributed by atoms with E-state index >= 15 is 0 Å². The van der Waals surface area contributed by atoms with Crippen LogP contribution in [0.15, 0.2) is 36.5 Å². The predicted molar refractivity (Wildman–Crippen MR) is 100 cm³/mol. The van der Waals surface area contributed by atoms with Gasteiger partial charge in [0.2, 0.25) is 0 Å². The second-order valence-corrected chi connectivity index (χ2v) is 6.68. The van der Waals surface area contributed by atoms with E-state index in [-0.39, 0.29) is 0 Å². The van der Waals surface area contributed by atoms with Gasteiger partial charge in [-0.15, -0.1) is 0 Å². The standard InChI is InChI=1S/C20H22FN3O3/c1-4-5-11-24-17-16(7-6-10-22-17)27-20(3,19(24)26)18(25)23-15-9-8-14(21)12-13(15)2/h6-10,12H,4-5,11H2,1-3H3,(H,23,25)/t20-/m0/s1. The first kappa shape index (κ1) is 18.8. The lowest BCUT2D eigenvalue weighted by Crippen LogP contribution is -2.61. The zero-order valence-corrected chi connectivity index (χ0v) is 15.6. The Labute approximate surface area is 157 Å². The Morgan fingerprint density at radius 3 is 2.85 bits per heavy atom. The number of halogens is 1. The van der Waals surface area contributed by atoms with Crippen molar-refractivity contribution in [2.75, 3.05) is 16.8 Å². The molecule has 2 aromatic rings. The zero-order chi connectivity index (χ0) is 19.6. The molecular formula is C20H22FN3O3. The van der Waals surface area contributed by atoms with Gasteiger partial charge in [0.05, 0.1) is 0 Å². The number of pyridine rings is 1. The number of hydrogen-bond donors (Lipinski definition) is 1. The fourth-order valence-corrected chi connectivity index (χ4v) is 2.96. The molecule has 1 aromatic heterocycles. The number of anilines is 2. The van der Waals surface area contributed by atoms with E-state index in [4.69, 9.17) is 4.74 Å². The lowest BCUT2D eigenvalue weighted by molar-refractivity contribution is -0.145. The third-order valence-electron chi connectivity index (χ3n) is 4.58. The van der Waals surface area contributed by atoms with Crippen molar-refractivity contribution < 1.29 is 18.7 Å². The van der Waals surface area contributed by atoms with Crippen LogP contribution in [0.4, 0.5) is 15.9 Å². The van der Waals surface area contributed by atoms with Crippen LogP contribution >= 0.6 is 0 Å². The smallest absolute Gasteiger partial charge is 0.282 e. The number of rotatable bonds is 5. The summed E-state index contributed by atoms with van der Waals surface area (Å²) in [5, 5.41) is 2.69. The van der Waals surface area contributed by atoms with Crippen LogP contribution in [0.3, 0.4) is 0 Å². The van der Waals surface area contributed by atoms with Crippen molar-refractivity contribution in [2.45, 2.75) is 39.2 Å². The molecule has 0 bridgehead atoms. The molecule has 2 heterocycles. The van der Waals surface area contributed by atoms with E-state index in [0.29, 0.717) is 29.4 Å². The molecule has 6 nitrogen and oxygen atoms in total. The SMILES string of the molecule is CCCCN1C(=O)[C@](C)(C(=O)Nc2ccc(F)cc2C)Oc2cccnc21. The molecule has 1 aliphatic heterocycles. The van der Waals surface area contributed by atoms with Gasteiger partial charge in [0, 0.05) is 18.4 Å². The first-order valence-corrected chi connectivity index (χ1v) is 8.90. The highest BCUT2D eigenvalue weighted by Gasteiger charge is 2.51. The maximum absolute atomic E-state index is 13.3. The number of unbranched alkanes of at least 4 members (excludes halogenated alkanes) is 1. The molecule has 27 heavy (non-hydrogen) atoms. The summed E-state index contributed by atoms with van der Waals surface area (Å²) in [5.74, 6) is -0.689. The molecule has 1 aliphatic rings. The third kappa shape index (κ3) is 3.49. The van der Waals surface area contributed by atoms with E-state index in [9.17, 15) is 14.0 Å². The second-order valence-electron chi connectivity index (χ2n) is 6.68. The highest BCUT2D eigenvalue weighted by atomic mass is 19.1. The van der Waals surface area contributed by atoms with Gasteiger partial charge in [-0.2, -0.15) is 0 Å². The van der Waals surface area contributed by atoms with Crippen molar-refractivity contribution in [1.29, 1.82) is 0 Å². The Hall–Kier alpha value is -2.96. The highest BCUT2D eigenvalue weighted by Crippen LogP contribution is 2.36. The quantitative estimate of drug-likeness (QED) is 0.817. The van der Waals surface area contributed by atoms with Crippen LogP contribution in [-0.4, -0.2) is 28.9 Å². The van der Waals surface area contributed by atoms with Crippen molar-refractivity contribution in [3.8, 4) is 5.75 Å². The number of carbonyl (C=O) groups is 2. The minimum atomic E-state index is -1.75. The molecule has 142 valence electrons. The van der Waals surface area contributed by atoms with Crippen molar-refractivity contribution in [2.24, 2.45) is 0 Å². The average molecular weight is 371 g/mol. The molecule has 0 spiro atoms. The summed E-state index contributed by atoms with van der Waals surface area (Å²) < 4.78 is 19.1. The Morgan fingerprint density at radius 2 is 2.15 bits per heavy atom. The van der Waals surface area contributed by atoms with Gasteiger partial charge in [-0.05, 0) is 56.2 Å². The van der Waals surface area contributed by atoms with Gasteiger partial charge in [0.25, 0.3) is 17.4 Å². The number of aryl methyl sites for hydroxylation is 1. The number of hydrogen-bond acceptors (Lipinski definition) is 4. The van der Waals surface area contributed by atoms with E-state index in [1.807, 2.05) is 6.92 Å². The molecule has 0 unspecified atom stereocenters. The second kappa shape index (κ2) is 7.34. The molecule has 0 fully saturated rings. The Balaban J connectivity index is 1.93. The molecule has 0 saturated heterocycles. The maximum atomic E-state index is 13.3. The van der Waals surface area contributed by atoms with Gasteiger partial charge in [0.1, 0.15) is 5.82 Å². The van der Waals surface area contributed by atoms with E-state index in [1.54, 1.807) is 25.3 Å². The van der Waals surface area contributed by atoms with Gasteiger partial charge >= 0.3 is 0 Å². The van der Waals surface area contributed by atoms with E-state index in [1.165, 1.54) is 30.0 Å². The Bertz CT molecular complexity index is 887. The van der Waals surface area contributed by atoms with Crippen molar-refractivity contribution >= 4 is 23.3 Å². The van der Waals surface area contributed by atoms with Gasteiger partial charge < -0.3 is 10.1 Å². The summed E-state index contributed by atoms with van der Waals surface area (Å²) in [6.45, 7) is 5.59. The minimum Gasteiger partial charge on any atom is -0.464 e. The first-order valence-electron chi connectivity index (χ1n) is 8.90. The number of nitrogens with zero attached hydrogens (tertiary/aromatic N) is 2. The fraction of sp³-hybridized carbons (Fsp3) is 0.350. The van der Waals surface area contributed by atoms with Gasteiger partial charge in [-0.3, -0.25) is 14.5 Å². The molecule has 3 rings (SSSR count). The topological polar surface area (TPSA) is 71.5 Å². The molecule has 0 radical (unpaired) electrons. The molecule has 2 amide bonds. The summed E-state index contributed by atoms with van der Waals surface area (Å²) in [6.07, 6.45) is 3.25.